The van der Waals surface area contributed by atoms with Crippen LogP contribution in [0, 0.1) is 0 Å². The van der Waals surface area contributed by atoms with Gasteiger partial charge in [0.2, 0.25) is 5.91 Å². The number of aryl methyl sites for hydroxylation is 1. The third-order valence-electron chi connectivity index (χ3n) is 5.40. The Balaban J connectivity index is 1.39. The number of carbonyl (C=O) groups is 1. The maximum absolute atomic E-state index is 12.5. The molecule has 1 fully saturated rings. The van der Waals surface area contributed by atoms with Crippen molar-refractivity contribution in [1.29, 1.82) is 0 Å². The Morgan fingerprint density at radius 3 is 2.29 bits per heavy atom. The van der Waals surface area contributed by atoms with Gasteiger partial charge in [-0.15, -0.1) is 0 Å². The first-order valence-corrected chi connectivity index (χ1v) is 9.94. The average Bonchev–Trinajstić information content (AvgIpc) is 2.77. The smallest absolute Gasteiger partial charge is 0.222 e. The van der Waals surface area contributed by atoms with E-state index in [0.717, 1.165) is 57.1 Å². The number of ether oxygens (including phenoxy) is 2. The molecule has 1 aliphatic rings. The van der Waals surface area contributed by atoms with E-state index in [1.807, 2.05) is 41.3 Å². The molecule has 1 amide bonds. The molecule has 0 bridgehead atoms. The van der Waals surface area contributed by atoms with E-state index in [4.69, 9.17) is 9.47 Å². The number of benzene rings is 2. The Kier molecular flexibility index (Phi) is 7.31. The van der Waals surface area contributed by atoms with E-state index in [1.165, 1.54) is 11.1 Å². The van der Waals surface area contributed by atoms with Crippen molar-refractivity contribution in [2.24, 2.45) is 0 Å². The van der Waals surface area contributed by atoms with E-state index >= 15 is 0 Å². The maximum atomic E-state index is 12.5. The molecule has 150 valence electrons. The van der Waals surface area contributed by atoms with Gasteiger partial charge >= 0.3 is 0 Å². The maximum Gasteiger partial charge on any atom is 0.222 e. The summed E-state index contributed by atoms with van der Waals surface area (Å²) in [4.78, 5) is 17.0. The van der Waals surface area contributed by atoms with Gasteiger partial charge in [-0.2, -0.15) is 0 Å². The number of nitrogens with zero attached hydrogens (tertiary/aromatic N) is 2. The van der Waals surface area contributed by atoms with Crippen molar-refractivity contribution in [3.63, 3.8) is 0 Å². The highest BCUT2D eigenvalue weighted by Crippen LogP contribution is 2.18. The second kappa shape index (κ2) is 10.1. The highest BCUT2D eigenvalue weighted by atomic mass is 16.5. The zero-order valence-electron chi connectivity index (χ0n) is 16.9. The summed E-state index contributed by atoms with van der Waals surface area (Å²) in [5.41, 5.74) is 2.41. The van der Waals surface area contributed by atoms with Crippen molar-refractivity contribution in [1.82, 2.24) is 9.80 Å². The lowest BCUT2D eigenvalue weighted by Crippen LogP contribution is -2.49. The van der Waals surface area contributed by atoms with Gasteiger partial charge in [0, 0.05) is 39.1 Å². The first-order valence-electron chi connectivity index (χ1n) is 9.94. The predicted molar refractivity (Wildman–Crippen MR) is 111 cm³/mol. The molecule has 0 aromatic heterocycles. The molecule has 1 aliphatic heterocycles. The van der Waals surface area contributed by atoms with Crippen LogP contribution in [0.1, 0.15) is 17.5 Å². The van der Waals surface area contributed by atoms with Gasteiger partial charge in [0.25, 0.3) is 0 Å². The van der Waals surface area contributed by atoms with E-state index in [1.54, 1.807) is 14.2 Å². The number of carbonyl (C=O) groups excluding carboxylic acids is 1. The van der Waals surface area contributed by atoms with Crippen molar-refractivity contribution in [2.45, 2.75) is 19.3 Å². The minimum Gasteiger partial charge on any atom is -0.497 e. The monoisotopic (exact) mass is 382 g/mol. The lowest BCUT2D eigenvalue weighted by molar-refractivity contribution is -0.132. The minimum absolute atomic E-state index is 0.250. The summed E-state index contributed by atoms with van der Waals surface area (Å²) >= 11 is 0. The molecule has 3 rings (SSSR count). The third-order valence-corrected chi connectivity index (χ3v) is 5.40. The summed E-state index contributed by atoms with van der Waals surface area (Å²) in [6, 6.07) is 16.1. The topological polar surface area (TPSA) is 42.0 Å². The van der Waals surface area contributed by atoms with Crippen LogP contribution in [-0.2, 0) is 17.6 Å². The summed E-state index contributed by atoms with van der Waals surface area (Å²) in [5, 5.41) is 0. The molecule has 1 heterocycles. The average molecular weight is 383 g/mol. The first kappa shape index (κ1) is 20.2. The molecule has 5 nitrogen and oxygen atoms in total. The van der Waals surface area contributed by atoms with Gasteiger partial charge in [-0.1, -0.05) is 30.3 Å². The van der Waals surface area contributed by atoms with Crippen LogP contribution in [0.4, 0.5) is 0 Å². The number of hydrogen-bond donors (Lipinski definition) is 0. The van der Waals surface area contributed by atoms with Crippen molar-refractivity contribution in [3.05, 3.63) is 59.7 Å². The SMILES string of the molecule is COc1ccc(CCC(=O)N2CCN(CCc3ccccc3OC)CC2)cc1. The van der Waals surface area contributed by atoms with Crippen LogP contribution < -0.4 is 9.47 Å². The molecule has 0 N–H and O–H groups in total. The van der Waals surface area contributed by atoms with Crippen LogP contribution in [0.25, 0.3) is 0 Å². The van der Waals surface area contributed by atoms with Gasteiger partial charge in [-0.3, -0.25) is 9.69 Å². The fourth-order valence-electron chi connectivity index (χ4n) is 3.61. The minimum atomic E-state index is 0.250. The molecular formula is C23H30N2O3. The highest BCUT2D eigenvalue weighted by Gasteiger charge is 2.20. The molecule has 0 atom stereocenters. The van der Waals surface area contributed by atoms with E-state index < -0.39 is 0 Å². The lowest BCUT2D eigenvalue weighted by atomic mass is 10.1. The Morgan fingerprint density at radius 2 is 1.61 bits per heavy atom. The number of methoxy groups -OCH3 is 2. The van der Waals surface area contributed by atoms with E-state index in [2.05, 4.69) is 17.0 Å². The molecule has 28 heavy (non-hydrogen) atoms. The Morgan fingerprint density at radius 1 is 0.893 bits per heavy atom. The van der Waals surface area contributed by atoms with E-state index in [-0.39, 0.29) is 5.91 Å². The first-order chi connectivity index (χ1) is 13.7. The number of piperazine rings is 1. The third kappa shape index (κ3) is 5.49. The van der Waals surface area contributed by atoms with Crippen LogP contribution in [-0.4, -0.2) is 62.7 Å². The molecule has 5 heteroatoms. The fraction of sp³-hybridized carbons (Fsp3) is 0.435. The van der Waals surface area contributed by atoms with Gasteiger partial charge in [0.1, 0.15) is 11.5 Å². The normalized spacial score (nSPS) is 14.7. The van der Waals surface area contributed by atoms with E-state index in [0.29, 0.717) is 6.42 Å². The quantitative estimate of drug-likeness (QED) is 0.704. The summed E-state index contributed by atoms with van der Waals surface area (Å²) in [6.07, 6.45) is 2.31. The van der Waals surface area contributed by atoms with Crippen LogP contribution >= 0.6 is 0 Å². The molecule has 0 spiro atoms. The van der Waals surface area contributed by atoms with Crippen LogP contribution in [0.2, 0.25) is 0 Å². The second-order valence-electron chi connectivity index (χ2n) is 7.13. The molecule has 0 aliphatic carbocycles. The zero-order valence-corrected chi connectivity index (χ0v) is 16.9. The summed E-state index contributed by atoms with van der Waals surface area (Å²) in [7, 11) is 3.38. The Hall–Kier alpha value is -2.53. The summed E-state index contributed by atoms with van der Waals surface area (Å²) < 4.78 is 10.6. The molecular weight excluding hydrogens is 352 g/mol. The van der Waals surface area contributed by atoms with Gasteiger partial charge < -0.3 is 14.4 Å². The second-order valence-corrected chi connectivity index (χ2v) is 7.13. The largest absolute Gasteiger partial charge is 0.497 e. The molecule has 0 unspecified atom stereocenters. The predicted octanol–water partition coefficient (Wildman–Crippen LogP) is 3.02. The van der Waals surface area contributed by atoms with Gasteiger partial charge in [-0.05, 0) is 42.2 Å². The van der Waals surface area contributed by atoms with Gasteiger partial charge in [0.05, 0.1) is 14.2 Å². The van der Waals surface area contributed by atoms with E-state index in [9.17, 15) is 4.79 Å². The zero-order chi connectivity index (χ0) is 19.8. The Labute approximate surface area is 167 Å². The highest BCUT2D eigenvalue weighted by molar-refractivity contribution is 5.76. The molecule has 2 aromatic carbocycles. The fourth-order valence-corrected chi connectivity index (χ4v) is 3.61. The molecule has 0 radical (unpaired) electrons. The van der Waals surface area contributed by atoms with Gasteiger partial charge in [0.15, 0.2) is 0 Å². The summed E-state index contributed by atoms with van der Waals surface area (Å²) in [5.74, 6) is 2.05. The van der Waals surface area contributed by atoms with Crippen molar-refractivity contribution in [2.75, 3.05) is 46.9 Å². The lowest BCUT2D eigenvalue weighted by Gasteiger charge is -2.35. The van der Waals surface area contributed by atoms with Gasteiger partial charge in [-0.25, -0.2) is 0 Å². The molecule has 1 saturated heterocycles. The number of para-hydroxylation sites is 1. The Bertz CT molecular complexity index is 753. The van der Waals surface area contributed by atoms with Crippen LogP contribution in [0.15, 0.2) is 48.5 Å². The number of rotatable bonds is 8. The molecule has 0 saturated carbocycles. The van der Waals surface area contributed by atoms with Crippen LogP contribution in [0.3, 0.4) is 0 Å². The van der Waals surface area contributed by atoms with Crippen LogP contribution in [0.5, 0.6) is 11.5 Å². The number of amides is 1. The van der Waals surface area contributed by atoms with Crippen molar-refractivity contribution in [3.8, 4) is 11.5 Å². The van der Waals surface area contributed by atoms with Crippen molar-refractivity contribution >= 4 is 5.91 Å². The molecule has 2 aromatic rings. The standard InChI is InChI=1S/C23H30N2O3/c1-27-21-10-7-19(8-11-21)9-12-23(26)25-17-15-24(16-18-25)14-13-20-5-3-4-6-22(20)28-2/h3-8,10-11H,9,12-18H2,1-2H3. The number of hydrogen-bond acceptors (Lipinski definition) is 4. The van der Waals surface area contributed by atoms with Crippen molar-refractivity contribution < 1.29 is 14.3 Å². The summed E-state index contributed by atoms with van der Waals surface area (Å²) in [6.45, 7) is 4.49.